The maximum Gasteiger partial charge on any atom is 0.255 e. The van der Waals surface area contributed by atoms with Crippen molar-refractivity contribution < 1.29 is 9.59 Å². The number of rotatable bonds is 4. The minimum atomic E-state index is 0.0980. The summed E-state index contributed by atoms with van der Waals surface area (Å²) in [4.78, 5) is 33.6. The number of nitrogens with zero attached hydrogens (tertiary/aromatic N) is 3. The van der Waals surface area contributed by atoms with E-state index in [9.17, 15) is 9.59 Å². The molecule has 2 aliphatic heterocycles. The molecule has 1 aliphatic carbocycles. The Labute approximate surface area is 155 Å². The van der Waals surface area contributed by atoms with Crippen LogP contribution in [0.3, 0.4) is 0 Å². The Morgan fingerprint density at radius 3 is 2.58 bits per heavy atom. The third-order valence-corrected chi connectivity index (χ3v) is 6.74. The van der Waals surface area contributed by atoms with E-state index in [2.05, 4.69) is 4.98 Å². The standard InChI is InChI=1S/C21H29N3O2/c1-16-11-17(13-22-12-16)20(26)24-14-18(21(15-24)7-4-8-21)5-6-19(25)23-9-2-3-10-23/h11-13,18H,2-10,14-15H2,1H3. The third-order valence-electron chi connectivity index (χ3n) is 6.74. The van der Waals surface area contributed by atoms with E-state index in [0.717, 1.165) is 51.0 Å². The Bertz CT molecular complexity index is 692. The molecule has 0 bridgehead atoms. The van der Waals surface area contributed by atoms with Gasteiger partial charge in [0.2, 0.25) is 5.91 Å². The molecule has 0 N–H and O–H groups in total. The summed E-state index contributed by atoms with van der Waals surface area (Å²) in [6.07, 6.45) is 11.0. The number of likely N-dealkylation sites (tertiary alicyclic amines) is 2. The van der Waals surface area contributed by atoms with Crippen molar-refractivity contribution >= 4 is 11.8 Å². The van der Waals surface area contributed by atoms with Crippen LogP contribution in [-0.2, 0) is 4.79 Å². The largest absolute Gasteiger partial charge is 0.343 e. The number of aryl methyl sites for hydroxylation is 1. The van der Waals surface area contributed by atoms with Crippen molar-refractivity contribution in [3.05, 3.63) is 29.6 Å². The van der Waals surface area contributed by atoms with Crippen LogP contribution in [0.15, 0.2) is 18.5 Å². The van der Waals surface area contributed by atoms with E-state index >= 15 is 0 Å². The topological polar surface area (TPSA) is 53.5 Å². The van der Waals surface area contributed by atoms with Crippen LogP contribution in [0.1, 0.15) is 60.9 Å². The first kappa shape index (κ1) is 17.5. The molecular formula is C21H29N3O2. The molecule has 2 saturated heterocycles. The Balaban J connectivity index is 1.41. The fourth-order valence-electron chi connectivity index (χ4n) is 5.06. The molecule has 3 fully saturated rings. The van der Waals surface area contributed by atoms with Gasteiger partial charge in [0.25, 0.3) is 5.91 Å². The first-order valence-corrected chi connectivity index (χ1v) is 10.1. The second-order valence-electron chi connectivity index (χ2n) is 8.48. The van der Waals surface area contributed by atoms with Crippen LogP contribution in [-0.4, -0.2) is 52.8 Å². The lowest BCUT2D eigenvalue weighted by Gasteiger charge is -2.43. The molecule has 1 aromatic heterocycles. The lowest BCUT2D eigenvalue weighted by molar-refractivity contribution is -0.130. The average molecular weight is 355 g/mol. The summed E-state index contributed by atoms with van der Waals surface area (Å²) in [6.45, 7) is 5.47. The van der Waals surface area contributed by atoms with Crippen molar-refractivity contribution in [2.45, 2.75) is 51.9 Å². The van der Waals surface area contributed by atoms with Gasteiger partial charge in [0.05, 0.1) is 5.56 Å². The van der Waals surface area contributed by atoms with Gasteiger partial charge in [0, 0.05) is 45.0 Å². The number of amides is 2. The molecule has 5 nitrogen and oxygen atoms in total. The molecule has 0 aromatic carbocycles. The summed E-state index contributed by atoms with van der Waals surface area (Å²) >= 11 is 0. The molecule has 1 spiro atoms. The zero-order valence-corrected chi connectivity index (χ0v) is 15.7. The number of carbonyl (C=O) groups is 2. The van der Waals surface area contributed by atoms with Gasteiger partial charge in [-0.15, -0.1) is 0 Å². The van der Waals surface area contributed by atoms with Gasteiger partial charge in [-0.2, -0.15) is 0 Å². The summed E-state index contributed by atoms with van der Waals surface area (Å²) in [5.74, 6) is 0.870. The molecule has 0 radical (unpaired) electrons. The van der Waals surface area contributed by atoms with E-state index < -0.39 is 0 Å². The molecule has 4 rings (SSSR count). The van der Waals surface area contributed by atoms with Crippen molar-refractivity contribution in [2.24, 2.45) is 11.3 Å². The molecule has 5 heteroatoms. The van der Waals surface area contributed by atoms with Crippen molar-refractivity contribution in [2.75, 3.05) is 26.2 Å². The van der Waals surface area contributed by atoms with E-state index in [1.165, 1.54) is 19.3 Å². The summed E-state index contributed by atoms with van der Waals surface area (Å²) in [7, 11) is 0. The van der Waals surface area contributed by atoms with Crippen molar-refractivity contribution in [1.82, 2.24) is 14.8 Å². The summed E-state index contributed by atoms with van der Waals surface area (Å²) < 4.78 is 0. The lowest BCUT2D eigenvalue weighted by Crippen LogP contribution is -2.39. The van der Waals surface area contributed by atoms with E-state index in [1.807, 2.05) is 22.8 Å². The van der Waals surface area contributed by atoms with Crippen molar-refractivity contribution in [3.8, 4) is 0 Å². The molecular weight excluding hydrogens is 326 g/mol. The summed E-state index contributed by atoms with van der Waals surface area (Å²) in [6, 6.07) is 1.92. The number of carbonyl (C=O) groups excluding carboxylic acids is 2. The highest BCUT2D eigenvalue weighted by Gasteiger charge is 2.51. The minimum Gasteiger partial charge on any atom is -0.343 e. The Hall–Kier alpha value is -1.91. The Morgan fingerprint density at radius 1 is 1.15 bits per heavy atom. The van der Waals surface area contributed by atoms with E-state index in [0.29, 0.717) is 23.8 Å². The van der Waals surface area contributed by atoms with Crippen molar-refractivity contribution in [3.63, 3.8) is 0 Å². The van der Waals surface area contributed by atoms with E-state index in [-0.39, 0.29) is 11.3 Å². The molecule has 26 heavy (non-hydrogen) atoms. The fraction of sp³-hybridized carbons (Fsp3) is 0.667. The molecule has 3 aliphatic rings. The summed E-state index contributed by atoms with van der Waals surface area (Å²) in [5.41, 5.74) is 1.97. The van der Waals surface area contributed by atoms with Crippen LogP contribution in [0.2, 0.25) is 0 Å². The van der Waals surface area contributed by atoms with Gasteiger partial charge >= 0.3 is 0 Å². The van der Waals surface area contributed by atoms with Gasteiger partial charge in [-0.05, 0) is 62.0 Å². The second-order valence-corrected chi connectivity index (χ2v) is 8.48. The molecule has 1 aromatic rings. The quantitative estimate of drug-likeness (QED) is 0.834. The molecule has 1 saturated carbocycles. The van der Waals surface area contributed by atoms with Crippen LogP contribution < -0.4 is 0 Å². The maximum absolute atomic E-state index is 12.9. The lowest BCUT2D eigenvalue weighted by atomic mass is 9.62. The molecule has 3 heterocycles. The zero-order valence-electron chi connectivity index (χ0n) is 15.7. The van der Waals surface area contributed by atoms with E-state index in [1.54, 1.807) is 12.4 Å². The molecule has 140 valence electrons. The van der Waals surface area contributed by atoms with Gasteiger partial charge in [0.15, 0.2) is 0 Å². The van der Waals surface area contributed by atoms with Crippen LogP contribution in [0.25, 0.3) is 0 Å². The zero-order chi connectivity index (χ0) is 18.1. The predicted molar refractivity (Wildman–Crippen MR) is 99.7 cm³/mol. The molecule has 1 unspecified atom stereocenters. The predicted octanol–water partition coefficient (Wildman–Crippen LogP) is 3.03. The smallest absolute Gasteiger partial charge is 0.255 e. The van der Waals surface area contributed by atoms with Crippen molar-refractivity contribution in [1.29, 1.82) is 0 Å². The number of hydrogen-bond acceptors (Lipinski definition) is 3. The molecule has 1 atom stereocenters. The number of aromatic nitrogens is 1. The average Bonchev–Trinajstić information content (AvgIpc) is 3.26. The normalized spacial score (nSPS) is 24.1. The fourth-order valence-corrected chi connectivity index (χ4v) is 5.06. The van der Waals surface area contributed by atoms with Crippen LogP contribution in [0.5, 0.6) is 0 Å². The first-order valence-electron chi connectivity index (χ1n) is 10.1. The second kappa shape index (κ2) is 7.01. The number of hydrogen-bond donors (Lipinski definition) is 0. The van der Waals surface area contributed by atoms with Gasteiger partial charge in [0.1, 0.15) is 0 Å². The van der Waals surface area contributed by atoms with E-state index in [4.69, 9.17) is 0 Å². The first-order chi connectivity index (χ1) is 12.6. The van der Waals surface area contributed by atoms with Crippen LogP contribution >= 0.6 is 0 Å². The van der Waals surface area contributed by atoms with Gasteiger partial charge in [-0.3, -0.25) is 14.6 Å². The highest BCUT2D eigenvalue weighted by molar-refractivity contribution is 5.94. The van der Waals surface area contributed by atoms with Gasteiger partial charge in [-0.25, -0.2) is 0 Å². The highest BCUT2D eigenvalue weighted by Crippen LogP contribution is 2.53. The number of pyridine rings is 1. The van der Waals surface area contributed by atoms with Crippen LogP contribution in [0, 0.1) is 18.3 Å². The Kier molecular flexibility index (Phi) is 4.72. The van der Waals surface area contributed by atoms with Crippen LogP contribution in [0.4, 0.5) is 0 Å². The maximum atomic E-state index is 12.9. The molecule has 2 amide bonds. The van der Waals surface area contributed by atoms with Gasteiger partial charge in [-0.1, -0.05) is 6.42 Å². The van der Waals surface area contributed by atoms with Gasteiger partial charge < -0.3 is 9.80 Å². The SMILES string of the molecule is Cc1cncc(C(=O)N2CC(CCC(=O)N3CCCC3)C3(CCC3)C2)c1. The minimum absolute atomic E-state index is 0.0980. The monoisotopic (exact) mass is 355 g/mol. The summed E-state index contributed by atoms with van der Waals surface area (Å²) in [5, 5.41) is 0. The highest BCUT2D eigenvalue weighted by atomic mass is 16.2. The Morgan fingerprint density at radius 2 is 1.92 bits per heavy atom. The third kappa shape index (κ3) is 3.24.